The minimum atomic E-state index is -4.99. The third kappa shape index (κ3) is 3.32. The number of nitrogens with zero attached hydrogens (tertiary/aromatic N) is 2. The first kappa shape index (κ1) is 17.7. The lowest BCUT2D eigenvalue weighted by molar-refractivity contribution is -0.272. The number of halogens is 4. The molecule has 1 aromatic heterocycles. The van der Waals surface area contributed by atoms with E-state index in [0.29, 0.717) is 6.54 Å². The van der Waals surface area contributed by atoms with Crippen LogP contribution in [-0.2, 0) is 17.4 Å². The Hall–Kier alpha value is -1.68. The fourth-order valence-corrected chi connectivity index (χ4v) is 2.52. The Labute approximate surface area is 129 Å². The molecule has 2 heterocycles. The van der Waals surface area contributed by atoms with Crippen LogP contribution in [0.3, 0.4) is 0 Å². The fraction of sp³-hybridized carbons (Fsp3) is 0.692. The summed E-state index contributed by atoms with van der Waals surface area (Å²) in [5.41, 5.74) is -5.35. The van der Waals surface area contributed by atoms with Gasteiger partial charge in [-0.2, -0.15) is 13.2 Å². The molecule has 6 nitrogen and oxygen atoms in total. The van der Waals surface area contributed by atoms with E-state index in [1.54, 1.807) is 0 Å². The van der Waals surface area contributed by atoms with E-state index in [-0.39, 0.29) is 13.0 Å². The van der Waals surface area contributed by atoms with Crippen LogP contribution < -0.4 is 10.6 Å². The minimum Gasteiger partial charge on any atom is -0.374 e. The number of carbonyl (C=O) groups is 1. The molecule has 2 unspecified atom stereocenters. The Morgan fingerprint density at radius 3 is 2.74 bits per heavy atom. The minimum absolute atomic E-state index is 0.0399. The largest absolute Gasteiger partial charge is 0.424 e. The van der Waals surface area contributed by atoms with Crippen molar-refractivity contribution in [2.45, 2.75) is 30.3 Å². The average molecular weight is 338 g/mol. The molecule has 1 aliphatic heterocycles. The first-order valence-electron chi connectivity index (χ1n) is 7.05. The van der Waals surface area contributed by atoms with E-state index >= 15 is 0 Å². The fourth-order valence-electron chi connectivity index (χ4n) is 2.52. The summed E-state index contributed by atoms with van der Waals surface area (Å²) in [6, 6.07) is 0. The summed E-state index contributed by atoms with van der Waals surface area (Å²) >= 11 is 0. The van der Waals surface area contributed by atoms with Gasteiger partial charge in [-0.25, -0.2) is 9.37 Å². The molecule has 0 aliphatic carbocycles. The lowest BCUT2D eigenvalue weighted by atomic mass is 9.97. The number of aromatic nitrogens is 2. The van der Waals surface area contributed by atoms with Crippen LogP contribution in [0.2, 0.25) is 0 Å². The summed E-state index contributed by atoms with van der Waals surface area (Å²) in [4.78, 5) is 15.3. The molecule has 1 aliphatic rings. The number of alkyl halides is 4. The lowest BCUT2D eigenvalue weighted by Crippen LogP contribution is -2.49. The van der Waals surface area contributed by atoms with Crippen molar-refractivity contribution in [3.63, 3.8) is 0 Å². The molecule has 1 saturated heterocycles. The third-order valence-corrected chi connectivity index (χ3v) is 3.94. The van der Waals surface area contributed by atoms with E-state index in [0.717, 1.165) is 10.8 Å². The van der Waals surface area contributed by atoms with Crippen molar-refractivity contribution >= 4 is 5.91 Å². The number of hydrogen-bond donors (Lipinski definition) is 3. The van der Waals surface area contributed by atoms with Gasteiger partial charge in [-0.15, -0.1) is 0 Å². The molecule has 0 radical (unpaired) electrons. The maximum atomic E-state index is 14.1. The SMILES string of the molecule is Cn1ccnc1C(O)(CCNC(=O)C1(F)CCNC1)C(F)(F)F. The van der Waals surface area contributed by atoms with Gasteiger partial charge < -0.3 is 20.3 Å². The second-order valence-electron chi connectivity index (χ2n) is 5.62. The predicted octanol–water partition coefficient (Wildman–Crippen LogP) is 0.378. The molecule has 2 atom stereocenters. The Morgan fingerprint density at radius 1 is 1.57 bits per heavy atom. The Balaban J connectivity index is 2.06. The van der Waals surface area contributed by atoms with Gasteiger partial charge in [0, 0.05) is 45.4 Å². The molecule has 130 valence electrons. The number of imidazole rings is 1. The highest BCUT2D eigenvalue weighted by Gasteiger charge is 2.57. The van der Waals surface area contributed by atoms with Crippen LogP contribution in [0.15, 0.2) is 12.4 Å². The van der Waals surface area contributed by atoms with Gasteiger partial charge in [0.25, 0.3) is 5.91 Å². The number of aliphatic hydroxyl groups is 1. The number of hydrogen-bond acceptors (Lipinski definition) is 4. The van der Waals surface area contributed by atoms with Crippen LogP contribution in [-0.4, -0.2) is 52.0 Å². The van der Waals surface area contributed by atoms with Crippen LogP contribution >= 0.6 is 0 Å². The monoisotopic (exact) mass is 338 g/mol. The molecule has 1 aromatic rings. The summed E-state index contributed by atoms with van der Waals surface area (Å²) in [6.07, 6.45) is -3.49. The van der Waals surface area contributed by atoms with Gasteiger partial charge in [0.05, 0.1) is 0 Å². The molecule has 0 spiro atoms. The first-order valence-corrected chi connectivity index (χ1v) is 7.05. The Bertz CT molecular complexity index is 569. The highest BCUT2D eigenvalue weighted by atomic mass is 19.4. The number of amides is 1. The molecule has 3 N–H and O–H groups in total. The summed E-state index contributed by atoms with van der Waals surface area (Å²) in [6.45, 7) is -0.390. The number of rotatable bonds is 5. The topological polar surface area (TPSA) is 79.2 Å². The van der Waals surface area contributed by atoms with Crippen molar-refractivity contribution in [2.75, 3.05) is 19.6 Å². The Kier molecular flexibility index (Phi) is 4.67. The lowest BCUT2D eigenvalue weighted by Gasteiger charge is -2.30. The van der Waals surface area contributed by atoms with Crippen LogP contribution in [0.5, 0.6) is 0 Å². The standard InChI is InChI=1S/C13H18F4N4O2/c1-21-7-6-19-9(21)12(23,13(15,16)17)3-5-20-10(22)11(14)2-4-18-8-11/h6-7,18,23H,2-5,8H2,1H3,(H,20,22). The summed E-state index contributed by atoms with van der Waals surface area (Å²) in [5, 5.41) is 14.9. The molecule has 2 rings (SSSR count). The first-order chi connectivity index (χ1) is 10.6. The van der Waals surface area contributed by atoms with E-state index in [1.807, 2.05) is 0 Å². The van der Waals surface area contributed by atoms with Crippen LogP contribution in [0, 0.1) is 0 Å². The van der Waals surface area contributed by atoms with E-state index in [9.17, 15) is 27.5 Å². The molecule has 0 aromatic carbocycles. The molecular formula is C13H18F4N4O2. The second-order valence-corrected chi connectivity index (χ2v) is 5.62. The van der Waals surface area contributed by atoms with Crippen molar-refractivity contribution in [2.24, 2.45) is 7.05 Å². The molecule has 1 amide bonds. The predicted molar refractivity (Wildman–Crippen MR) is 72.1 cm³/mol. The quantitative estimate of drug-likeness (QED) is 0.678. The van der Waals surface area contributed by atoms with Crippen molar-refractivity contribution in [1.29, 1.82) is 0 Å². The van der Waals surface area contributed by atoms with Crippen molar-refractivity contribution in [3.8, 4) is 0 Å². The van der Waals surface area contributed by atoms with Gasteiger partial charge >= 0.3 is 6.18 Å². The molecule has 1 fully saturated rings. The average Bonchev–Trinajstić information content (AvgIpc) is 3.07. The smallest absolute Gasteiger partial charge is 0.374 e. The molecule has 0 bridgehead atoms. The normalized spacial score (nSPS) is 24.4. The van der Waals surface area contributed by atoms with E-state index in [2.05, 4.69) is 15.6 Å². The molecular weight excluding hydrogens is 320 g/mol. The van der Waals surface area contributed by atoms with Gasteiger partial charge in [0.2, 0.25) is 11.3 Å². The molecule has 10 heteroatoms. The molecule has 23 heavy (non-hydrogen) atoms. The molecule has 0 saturated carbocycles. The zero-order valence-electron chi connectivity index (χ0n) is 12.5. The number of aryl methyl sites for hydroxylation is 1. The Morgan fingerprint density at radius 2 is 2.26 bits per heavy atom. The third-order valence-electron chi connectivity index (χ3n) is 3.94. The van der Waals surface area contributed by atoms with Crippen LogP contribution in [0.4, 0.5) is 17.6 Å². The van der Waals surface area contributed by atoms with Gasteiger partial charge in [-0.3, -0.25) is 4.79 Å². The summed E-state index contributed by atoms with van der Waals surface area (Å²) in [5.74, 6) is -1.57. The second kappa shape index (κ2) is 6.08. The highest BCUT2D eigenvalue weighted by Crippen LogP contribution is 2.40. The maximum absolute atomic E-state index is 14.1. The summed E-state index contributed by atoms with van der Waals surface area (Å²) in [7, 11) is 1.32. The van der Waals surface area contributed by atoms with E-state index < -0.39 is 42.1 Å². The van der Waals surface area contributed by atoms with E-state index in [4.69, 9.17) is 0 Å². The van der Waals surface area contributed by atoms with Crippen LogP contribution in [0.25, 0.3) is 0 Å². The van der Waals surface area contributed by atoms with Crippen LogP contribution in [0.1, 0.15) is 18.7 Å². The van der Waals surface area contributed by atoms with Gasteiger partial charge in [0.15, 0.2) is 0 Å². The van der Waals surface area contributed by atoms with E-state index in [1.165, 1.54) is 13.2 Å². The van der Waals surface area contributed by atoms with Crippen molar-refractivity contribution in [3.05, 3.63) is 18.2 Å². The van der Waals surface area contributed by atoms with Gasteiger partial charge in [-0.1, -0.05) is 0 Å². The van der Waals surface area contributed by atoms with Crippen molar-refractivity contribution < 1.29 is 27.5 Å². The van der Waals surface area contributed by atoms with Gasteiger partial charge in [0.1, 0.15) is 5.82 Å². The zero-order chi connectivity index (χ0) is 17.3. The maximum Gasteiger partial charge on any atom is 0.424 e. The zero-order valence-corrected chi connectivity index (χ0v) is 12.5. The summed E-state index contributed by atoms with van der Waals surface area (Å²) < 4.78 is 54.9. The highest BCUT2D eigenvalue weighted by molar-refractivity contribution is 5.85. The number of nitrogens with one attached hydrogen (secondary N) is 2. The number of carbonyl (C=O) groups excluding carboxylic acids is 1. The van der Waals surface area contributed by atoms with Crippen molar-refractivity contribution in [1.82, 2.24) is 20.2 Å². The van der Waals surface area contributed by atoms with Gasteiger partial charge in [-0.05, 0) is 6.54 Å².